The molecule has 0 fully saturated rings. The van der Waals surface area contributed by atoms with E-state index in [-0.39, 0.29) is 5.97 Å². The van der Waals surface area contributed by atoms with Gasteiger partial charge in [-0.3, -0.25) is 0 Å². The van der Waals surface area contributed by atoms with Crippen molar-refractivity contribution in [2.75, 3.05) is 0 Å². The molecule has 0 aliphatic heterocycles. The van der Waals surface area contributed by atoms with E-state index in [1.54, 1.807) is 11.3 Å². The third-order valence-corrected chi connectivity index (χ3v) is 11.2. The van der Waals surface area contributed by atoms with Gasteiger partial charge in [0.25, 0.3) is 0 Å². The van der Waals surface area contributed by atoms with E-state index in [0.29, 0.717) is 16.5 Å². The van der Waals surface area contributed by atoms with Crippen molar-refractivity contribution in [3.05, 3.63) is 64.1 Å². The second-order valence-corrected chi connectivity index (χ2v) is 17.3. The van der Waals surface area contributed by atoms with E-state index in [0.717, 1.165) is 18.0 Å². The number of hydrogen-bond acceptors (Lipinski definition) is 5. The fourth-order valence-corrected chi connectivity index (χ4v) is 9.24. The van der Waals surface area contributed by atoms with Crippen LogP contribution in [0.1, 0.15) is 91.7 Å². The number of unbranched alkanes of at least 4 members (excludes halogenated alkanes) is 7. The van der Waals surface area contributed by atoms with Crippen LogP contribution in [0.15, 0.2) is 48.8 Å². The first-order valence-corrected chi connectivity index (χ1v) is 18.4. The van der Waals surface area contributed by atoms with Gasteiger partial charge in [-0.05, 0) is 60.8 Å². The van der Waals surface area contributed by atoms with Gasteiger partial charge in [0, 0.05) is 22.8 Å². The molecule has 0 radical (unpaired) electrons. The number of benzene rings is 1. The van der Waals surface area contributed by atoms with Crippen molar-refractivity contribution >= 4 is 25.4 Å². The summed E-state index contributed by atoms with van der Waals surface area (Å²) in [5.41, 5.74) is 2.11. The fourth-order valence-electron chi connectivity index (χ4n) is 4.55. The Bertz CT molecular complexity index is 1080. The molecule has 200 valence electrons. The van der Waals surface area contributed by atoms with Gasteiger partial charge in [-0.25, -0.2) is 14.8 Å². The number of carbonyl (C=O) groups excluding carboxylic acids is 1. The second-order valence-electron chi connectivity index (χ2n) is 10.9. The normalized spacial score (nSPS) is 11.6. The molecular weight excluding hydrogens is 493 g/mol. The number of carbonyl (C=O) groups is 1. The largest absolute Gasteiger partial charge is 0.422 e. The Labute approximate surface area is 228 Å². The number of nitrogens with zero attached hydrogens (tertiary/aromatic N) is 2. The van der Waals surface area contributed by atoms with E-state index in [1.807, 2.05) is 42.7 Å². The van der Waals surface area contributed by atoms with Gasteiger partial charge in [-0.15, -0.1) is 11.3 Å². The smallest absolute Gasteiger partial charge is 0.353 e. The number of hydrogen-bond donors (Lipinski definition) is 0. The molecule has 0 unspecified atom stereocenters. The summed E-state index contributed by atoms with van der Waals surface area (Å²) < 4.78 is 5.65. The Morgan fingerprint density at radius 2 is 1.49 bits per heavy atom. The van der Waals surface area contributed by atoms with Crippen LogP contribution in [0.2, 0.25) is 19.1 Å². The number of thiophene rings is 1. The Kier molecular flexibility index (Phi) is 12.0. The molecule has 0 saturated heterocycles. The molecule has 0 atom stereocenters. The van der Waals surface area contributed by atoms with E-state index < -0.39 is 8.07 Å². The zero-order chi connectivity index (χ0) is 26.5. The number of ether oxygens (including phenoxy) is 1. The summed E-state index contributed by atoms with van der Waals surface area (Å²) in [6.45, 7) is 9.38. The predicted octanol–water partition coefficient (Wildman–Crippen LogP) is 9.31. The molecular formula is C31H44N2O2SSi. The van der Waals surface area contributed by atoms with Gasteiger partial charge in [-0.1, -0.05) is 84.4 Å². The minimum atomic E-state index is -1.27. The van der Waals surface area contributed by atoms with Gasteiger partial charge >= 0.3 is 5.97 Å². The van der Waals surface area contributed by atoms with Gasteiger partial charge in [-0.2, -0.15) is 0 Å². The summed E-state index contributed by atoms with van der Waals surface area (Å²) in [5.74, 6) is 0.943. The van der Waals surface area contributed by atoms with Crippen LogP contribution in [0.5, 0.6) is 5.75 Å². The van der Waals surface area contributed by atoms with E-state index in [2.05, 4.69) is 43.0 Å². The molecule has 6 heteroatoms. The van der Waals surface area contributed by atoms with Crippen LogP contribution in [-0.2, 0) is 12.5 Å². The molecule has 0 amide bonds. The van der Waals surface area contributed by atoms with Crippen LogP contribution < -0.4 is 4.74 Å². The van der Waals surface area contributed by atoms with E-state index >= 15 is 0 Å². The molecule has 37 heavy (non-hydrogen) atoms. The van der Waals surface area contributed by atoms with E-state index in [1.165, 1.54) is 74.3 Å². The third-order valence-electron chi connectivity index (χ3n) is 6.82. The molecule has 2 heterocycles. The molecule has 3 rings (SSSR count). The second kappa shape index (κ2) is 15.2. The summed E-state index contributed by atoms with van der Waals surface area (Å²) >= 11 is 1.57. The quantitative estimate of drug-likeness (QED) is 0.0792. The number of esters is 1. The standard InChI is InChI=1S/C31H44N2O2SSi/c1-5-7-9-10-11-12-13-14-25-22-32-30(33-23-25)26-15-17-27(18-16-26)35-31(34)29-20-19-28(36-29)24-37(3,4)21-8-6-2/h15-20,22-23H,5-14,21,24H2,1-4H3. The lowest BCUT2D eigenvalue weighted by molar-refractivity contribution is 0.0740. The predicted molar refractivity (Wildman–Crippen MR) is 159 cm³/mol. The number of aryl methyl sites for hydroxylation is 1. The monoisotopic (exact) mass is 536 g/mol. The Morgan fingerprint density at radius 1 is 0.838 bits per heavy atom. The van der Waals surface area contributed by atoms with Crippen molar-refractivity contribution in [3.8, 4) is 17.1 Å². The highest BCUT2D eigenvalue weighted by Crippen LogP contribution is 2.26. The first-order valence-electron chi connectivity index (χ1n) is 14.1. The highest BCUT2D eigenvalue weighted by Gasteiger charge is 2.22. The lowest BCUT2D eigenvalue weighted by Crippen LogP contribution is -2.28. The zero-order valence-corrected chi connectivity index (χ0v) is 25.0. The average Bonchev–Trinajstić information content (AvgIpc) is 3.36. The highest BCUT2D eigenvalue weighted by molar-refractivity contribution is 7.14. The molecule has 1 aromatic carbocycles. The minimum Gasteiger partial charge on any atom is -0.422 e. The van der Waals surface area contributed by atoms with Crippen molar-refractivity contribution in [3.63, 3.8) is 0 Å². The number of aromatic nitrogens is 2. The van der Waals surface area contributed by atoms with Gasteiger partial charge in [0.2, 0.25) is 0 Å². The van der Waals surface area contributed by atoms with Crippen molar-refractivity contribution in [2.45, 2.75) is 103 Å². The van der Waals surface area contributed by atoms with Crippen LogP contribution in [-0.4, -0.2) is 24.0 Å². The van der Waals surface area contributed by atoms with E-state index in [4.69, 9.17) is 4.74 Å². The van der Waals surface area contributed by atoms with Gasteiger partial charge in [0.1, 0.15) is 10.6 Å². The highest BCUT2D eigenvalue weighted by atomic mass is 32.1. The lowest BCUT2D eigenvalue weighted by Gasteiger charge is -2.21. The third kappa shape index (κ3) is 10.2. The molecule has 0 N–H and O–H groups in total. The maximum absolute atomic E-state index is 12.7. The maximum Gasteiger partial charge on any atom is 0.353 e. The molecule has 0 aliphatic rings. The van der Waals surface area contributed by atoms with Crippen molar-refractivity contribution in [1.82, 2.24) is 9.97 Å². The molecule has 0 bridgehead atoms. The van der Waals surface area contributed by atoms with Gasteiger partial charge < -0.3 is 4.74 Å². The zero-order valence-electron chi connectivity index (χ0n) is 23.2. The first kappa shape index (κ1) is 29.2. The Hall–Kier alpha value is -2.31. The van der Waals surface area contributed by atoms with Gasteiger partial charge in [0.15, 0.2) is 5.82 Å². The SMILES string of the molecule is CCCCCCCCCc1cnc(-c2ccc(OC(=O)c3ccc(C[Si](C)(C)CCCC)s3)cc2)nc1. The van der Waals surface area contributed by atoms with Crippen LogP contribution >= 0.6 is 11.3 Å². The Balaban J connectivity index is 1.47. The van der Waals surface area contributed by atoms with Gasteiger partial charge in [0.05, 0.1) is 8.07 Å². The topological polar surface area (TPSA) is 52.1 Å². The molecule has 4 nitrogen and oxygen atoms in total. The van der Waals surface area contributed by atoms with Crippen LogP contribution in [0.25, 0.3) is 11.4 Å². The van der Waals surface area contributed by atoms with Crippen LogP contribution in [0.4, 0.5) is 0 Å². The Morgan fingerprint density at radius 3 is 2.16 bits per heavy atom. The maximum atomic E-state index is 12.7. The molecule has 0 aliphatic carbocycles. The summed E-state index contributed by atoms with van der Waals surface area (Å²) in [4.78, 5) is 23.8. The summed E-state index contributed by atoms with van der Waals surface area (Å²) in [6, 6.07) is 13.9. The summed E-state index contributed by atoms with van der Waals surface area (Å²) in [6.07, 6.45) is 16.6. The fraction of sp³-hybridized carbons (Fsp3) is 0.516. The van der Waals surface area contributed by atoms with Crippen LogP contribution in [0, 0.1) is 0 Å². The van der Waals surface area contributed by atoms with Crippen molar-refractivity contribution in [1.29, 1.82) is 0 Å². The molecule has 3 aromatic rings. The average molecular weight is 537 g/mol. The number of rotatable bonds is 16. The molecule has 2 aromatic heterocycles. The first-order chi connectivity index (χ1) is 17.9. The molecule has 0 spiro atoms. The molecule has 0 saturated carbocycles. The van der Waals surface area contributed by atoms with E-state index in [9.17, 15) is 4.79 Å². The van der Waals surface area contributed by atoms with Crippen molar-refractivity contribution < 1.29 is 9.53 Å². The summed E-state index contributed by atoms with van der Waals surface area (Å²) in [5, 5.41) is 0. The summed E-state index contributed by atoms with van der Waals surface area (Å²) in [7, 11) is -1.27. The van der Waals surface area contributed by atoms with Crippen LogP contribution in [0.3, 0.4) is 0 Å². The minimum absolute atomic E-state index is 0.289. The van der Waals surface area contributed by atoms with Crippen molar-refractivity contribution in [2.24, 2.45) is 0 Å². The lowest BCUT2D eigenvalue weighted by atomic mass is 10.1.